The van der Waals surface area contributed by atoms with E-state index in [1.165, 1.54) is 0 Å². The van der Waals surface area contributed by atoms with E-state index < -0.39 is 5.54 Å². The lowest BCUT2D eigenvalue weighted by molar-refractivity contribution is 0.0853. The zero-order chi connectivity index (χ0) is 14.2. The number of hydrogen-bond acceptors (Lipinski definition) is 6. The molecule has 3 rings (SSSR count). The Labute approximate surface area is 115 Å². The van der Waals surface area contributed by atoms with Gasteiger partial charge in [-0.15, -0.1) is 0 Å². The van der Waals surface area contributed by atoms with E-state index in [-0.39, 0.29) is 11.7 Å². The molecule has 0 aliphatic heterocycles. The molecule has 0 atom stereocenters. The Hall–Kier alpha value is -2.18. The molecule has 106 valence electrons. The molecule has 1 aliphatic rings. The fourth-order valence-corrected chi connectivity index (χ4v) is 2.63. The van der Waals surface area contributed by atoms with Gasteiger partial charge in [0.15, 0.2) is 5.82 Å². The summed E-state index contributed by atoms with van der Waals surface area (Å²) in [6, 6.07) is 1.61. The Morgan fingerprint density at radius 2 is 2.00 bits per heavy atom. The lowest BCUT2D eigenvalue weighted by Gasteiger charge is -2.25. The summed E-state index contributed by atoms with van der Waals surface area (Å²) in [4.78, 5) is 16.5. The molecule has 1 saturated carbocycles. The predicted molar refractivity (Wildman–Crippen MR) is 67.9 cm³/mol. The van der Waals surface area contributed by atoms with Crippen LogP contribution in [0.4, 0.5) is 0 Å². The van der Waals surface area contributed by atoms with E-state index >= 15 is 0 Å². The smallest absolute Gasteiger partial charge is 0.290 e. The molecule has 1 N–H and O–H groups in total. The van der Waals surface area contributed by atoms with Gasteiger partial charge >= 0.3 is 0 Å². The molecule has 0 saturated heterocycles. The zero-order valence-corrected chi connectivity index (χ0v) is 11.5. The number of hydrogen-bond donors (Lipinski definition) is 1. The number of rotatable bonds is 3. The molecule has 20 heavy (non-hydrogen) atoms. The minimum Gasteiger partial charge on any atom is -0.351 e. The van der Waals surface area contributed by atoms with Gasteiger partial charge in [-0.05, 0) is 19.8 Å². The van der Waals surface area contributed by atoms with Crippen molar-refractivity contribution in [2.75, 3.05) is 0 Å². The summed E-state index contributed by atoms with van der Waals surface area (Å²) in [6.07, 6.45) is 3.63. The number of nitrogens with zero attached hydrogens (tertiary/aromatic N) is 3. The Kier molecular flexibility index (Phi) is 3.04. The first kappa shape index (κ1) is 12.8. The van der Waals surface area contributed by atoms with E-state index in [0.717, 1.165) is 25.7 Å². The number of aromatic nitrogens is 3. The molecule has 1 fully saturated rings. The second-order valence-corrected chi connectivity index (χ2v) is 5.21. The van der Waals surface area contributed by atoms with Crippen LogP contribution < -0.4 is 5.32 Å². The first-order valence-corrected chi connectivity index (χ1v) is 6.66. The third kappa shape index (κ3) is 2.19. The molecule has 2 aromatic rings. The van der Waals surface area contributed by atoms with E-state index in [1.54, 1.807) is 19.9 Å². The number of carbonyl (C=O) groups excluding carboxylic acids is 1. The van der Waals surface area contributed by atoms with Gasteiger partial charge in [0, 0.05) is 13.0 Å². The molecular formula is C13H16N4O3. The fraction of sp³-hybridized carbons (Fsp3) is 0.538. The van der Waals surface area contributed by atoms with Gasteiger partial charge in [-0.2, -0.15) is 4.98 Å². The van der Waals surface area contributed by atoms with Crippen molar-refractivity contribution in [3.63, 3.8) is 0 Å². The first-order chi connectivity index (χ1) is 9.59. The summed E-state index contributed by atoms with van der Waals surface area (Å²) in [6.45, 7) is 3.51. The van der Waals surface area contributed by atoms with Crippen LogP contribution >= 0.6 is 0 Å². The number of carbonyl (C=O) groups is 1. The second-order valence-electron chi connectivity index (χ2n) is 5.21. The average molecular weight is 276 g/mol. The van der Waals surface area contributed by atoms with Crippen molar-refractivity contribution < 1.29 is 13.8 Å². The highest BCUT2D eigenvalue weighted by molar-refractivity contribution is 5.92. The second kappa shape index (κ2) is 4.73. The molecule has 7 nitrogen and oxygen atoms in total. The van der Waals surface area contributed by atoms with Crippen LogP contribution in [0.3, 0.4) is 0 Å². The largest absolute Gasteiger partial charge is 0.351 e. The van der Waals surface area contributed by atoms with E-state index in [0.29, 0.717) is 17.4 Å². The van der Waals surface area contributed by atoms with Crippen molar-refractivity contribution in [3.05, 3.63) is 29.2 Å². The summed E-state index contributed by atoms with van der Waals surface area (Å²) in [7, 11) is 0. The van der Waals surface area contributed by atoms with Gasteiger partial charge in [-0.3, -0.25) is 4.79 Å². The SMILES string of the molecule is Cc1cc(C(=O)NC2(c3noc(C)n3)CCCC2)on1. The van der Waals surface area contributed by atoms with Gasteiger partial charge in [-0.1, -0.05) is 23.2 Å². The third-order valence-corrected chi connectivity index (χ3v) is 3.62. The number of nitrogens with one attached hydrogen (secondary N) is 1. The molecular weight excluding hydrogens is 260 g/mol. The Bertz CT molecular complexity index is 625. The molecule has 0 aromatic carbocycles. The van der Waals surface area contributed by atoms with Crippen LogP contribution in [0.1, 0.15) is 53.6 Å². The lowest BCUT2D eigenvalue weighted by Crippen LogP contribution is -2.44. The minimum atomic E-state index is -0.560. The first-order valence-electron chi connectivity index (χ1n) is 6.66. The summed E-state index contributed by atoms with van der Waals surface area (Å²) in [5.41, 5.74) is 0.112. The molecule has 0 unspecified atom stereocenters. The summed E-state index contributed by atoms with van der Waals surface area (Å²) in [5, 5.41) is 10.7. The maximum atomic E-state index is 12.3. The normalized spacial score (nSPS) is 17.3. The topological polar surface area (TPSA) is 94.1 Å². The summed E-state index contributed by atoms with van der Waals surface area (Å²) in [5.74, 6) is 0.942. The van der Waals surface area contributed by atoms with Crippen molar-refractivity contribution >= 4 is 5.91 Å². The quantitative estimate of drug-likeness (QED) is 0.919. The van der Waals surface area contributed by atoms with Gasteiger partial charge in [-0.25, -0.2) is 0 Å². The van der Waals surface area contributed by atoms with Crippen molar-refractivity contribution in [1.82, 2.24) is 20.6 Å². The highest BCUT2D eigenvalue weighted by Crippen LogP contribution is 2.37. The monoisotopic (exact) mass is 276 g/mol. The highest BCUT2D eigenvalue weighted by atomic mass is 16.5. The molecule has 2 aromatic heterocycles. The van der Waals surface area contributed by atoms with Crippen molar-refractivity contribution in [3.8, 4) is 0 Å². The fourth-order valence-electron chi connectivity index (χ4n) is 2.63. The van der Waals surface area contributed by atoms with Gasteiger partial charge in [0.1, 0.15) is 5.54 Å². The predicted octanol–water partition coefficient (Wildman–Crippen LogP) is 1.87. The van der Waals surface area contributed by atoms with Crippen LogP contribution in [0.2, 0.25) is 0 Å². The Morgan fingerprint density at radius 3 is 2.55 bits per heavy atom. The van der Waals surface area contributed by atoms with Crippen molar-refractivity contribution in [1.29, 1.82) is 0 Å². The molecule has 0 radical (unpaired) electrons. The maximum Gasteiger partial charge on any atom is 0.290 e. The van der Waals surface area contributed by atoms with Crippen LogP contribution in [0.25, 0.3) is 0 Å². The van der Waals surface area contributed by atoms with Crippen LogP contribution in [0, 0.1) is 13.8 Å². The summed E-state index contributed by atoms with van der Waals surface area (Å²) >= 11 is 0. The Balaban J connectivity index is 1.86. The van der Waals surface area contributed by atoms with Crippen molar-refractivity contribution in [2.24, 2.45) is 0 Å². The van der Waals surface area contributed by atoms with Crippen LogP contribution in [0.5, 0.6) is 0 Å². The van der Waals surface area contributed by atoms with E-state index in [1.807, 2.05) is 0 Å². The molecule has 2 heterocycles. The zero-order valence-electron chi connectivity index (χ0n) is 11.5. The third-order valence-electron chi connectivity index (χ3n) is 3.62. The minimum absolute atomic E-state index is 0.203. The van der Waals surface area contributed by atoms with E-state index in [2.05, 4.69) is 20.6 Å². The van der Waals surface area contributed by atoms with E-state index in [9.17, 15) is 4.79 Å². The Morgan fingerprint density at radius 1 is 1.25 bits per heavy atom. The highest BCUT2D eigenvalue weighted by Gasteiger charge is 2.41. The maximum absolute atomic E-state index is 12.3. The number of aryl methyl sites for hydroxylation is 2. The molecule has 7 heteroatoms. The molecule has 1 aliphatic carbocycles. The van der Waals surface area contributed by atoms with Gasteiger partial charge in [0.05, 0.1) is 5.69 Å². The molecule has 0 bridgehead atoms. The lowest BCUT2D eigenvalue weighted by atomic mass is 9.96. The molecule has 1 amide bonds. The summed E-state index contributed by atoms with van der Waals surface area (Å²) < 4.78 is 10.0. The van der Waals surface area contributed by atoms with Crippen molar-refractivity contribution in [2.45, 2.75) is 45.1 Å². The van der Waals surface area contributed by atoms with Gasteiger partial charge < -0.3 is 14.4 Å². The van der Waals surface area contributed by atoms with Gasteiger partial charge in [0.25, 0.3) is 5.91 Å². The standard InChI is InChI=1S/C13H16N4O3/c1-8-7-10(20-16-8)11(18)15-13(5-3-4-6-13)12-14-9(2)19-17-12/h7H,3-6H2,1-2H3,(H,15,18). The average Bonchev–Trinajstić information content (AvgIpc) is 3.10. The van der Waals surface area contributed by atoms with Crippen LogP contribution in [-0.4, -0.2) is 21.2 Å². The molecule has 0 spiro atoms. The van der Waals surface area contributed by atoms with E-state index in [4.69, 9.17) is 9.05 Å². The van der Waals surface area contributed by atoms with Crippen LogP contribution in [0.15, 0.2) is 15.1 Å². The van der Waals surface area contributed by atoms with Crippen LogP contribution in [-0.2, 0) is 5.54 Å². The van der Waals surface area contributed by atoms with Gasteiger partial charge in [0.2, 0.25) is 11.7 Å². The number of amides is 1.